The maximum absolute atomic E-state index is 13.8. The Morgan fingerprint density at radius 1 is 1.24 bits per heavy atom. The molecule has 0 aliphatic heterocycles. The Kier molecular flexibility index (Phi) is 6.91. The summed E-state index contributed by atoms with van der Waals surface area (Å²) in [6.07, 6.45) is 8.12. The molecule has 2 aromatic rings. The van der Waals surface area contributed by atoms with Crippen LogP contribution in [0.4, 0.5) is 4.39 Å². The van der Waals surface area contributed by atoms with Crippen LogP contribution < -0.4 is 0 Å². The fourth-order valence-electron chi connectivity index (χ4n) is 3.79. The van der Waals surface area contributed by atoms with Crippen LogP contribution in [0, 0.1) is 19.7 Å². The van der Waals surface area contributed by atoms with Gasteiger partial charge in [-0.1, -0.05) is 29.3 Å². The zero-order valence-corrected chi connectivity index (χ0v) is 17.5. The molecule has 0 spiro atoms. The third-order valence-electron chi connectivity index (χ3n) is 5.42. The van der Waals surface area contributed by atoms with Crippen LogP contribution in [-0.2, 0) is 11.3 Å². The predicted octanol–water partition coefficient (Wildman–Crippen LogP) is 5.83. The van der Waals surface area contributed by atoms with Crippen molar-refractivity contribution in [2.45, 2.75) is 52.5 Å². The summed E-state index contributed by atoms with van der Waals surface area (Å²) in [6, 6.07) is 5.74. The van der Waals surface area contributed by atoms with Gasteiger partial charge in [0.05, 0.1) is 5.02 Å². The van der Waals surface area contributed by atoms with Gasteiger partial charge in [0.1, 0.15) is 11.4 Å². The standard InChI is InChI=1S/C23H25ClFNO3/c1-15-13-18(16(2)26(15)12-11-17-7-4-3-5-8-17)21(27)14-29-23(28)22-19(24)9-6-10-20(22)25/h6-7,9-10,13H,3-5,8,11-12,14H2,1-2H3. The number of aromatic nitrogens is 1. The number of carbonyl (C=O) groups is 2. The van der Waals surface area contributed by atoms with Crippen molar-refractivity contribution in [1.82, 2.24) is 4.57 Å². The average molecular weight is 418 g/mol. The Morgan fingerprint density at radius 3 is 2.72 bits per heavy atom. The van der Waals surface area contributed by atoms with Crippen LogP contribution in [0.15, 0.2) is 35.9 Å². The molecule has 3 rings (SSSR count). The van der Waals surface area contributed by atoms with Crippen molar-refractivity contribution >= 4 is 23.4 Å². The van der Waals surface area contributed by atoms with Gasteiger partial charge in [-0.05, 0) is 64.2 Å². The molecule has 0 saturated heterocycles. The van der Waals surface area contributed by atoms with E-state index in [0.29, 0.717) is 5.56 Å². The van der Waals surface area contributed by atoms with Crippen LogP contribution in [0.25, 0.3) is 0 Å². The lowest BCUT2D eigenvalue weighted by atomic mass is 9.97. The molecule has 6 heteroatoms. The number of hydrogen-bond donors (Lipinski definition) is 0. The molecule has 4 nitrogen and oxygen atoms in total. The van der Waals surface area contributed by atoms with Gasteiger partial charge in [0, 0.05) is 23.5 Å². The number of ketones is 1. The number of aryl methyl sites for hydroxylation is 1. The molecule has 1 aliphatic rings. The Bertz CT molecular complexity index is 941. The van der Waals surface area contributed by atoms with Crippen molar-refractivity contribution in [3.8, 4) is 0 Å². The minimum atomic E-state index is -0.945. The Morgan fingerprint density at radius 2 is 2.03 bits per heavy atom. The molecule has 0 unspecified atom stereocenters. The maximum Gasteiger partial charge on any atom is 0.343 e. The summed E-state index contributed by atoms with van der Waals surface area (Å²) in [5.41, 5.74) is 3.49. The zero-order valence-electron chi connectivity index (χ0n) is 16.8. The van der Waals surface area contributed by atoms with Gasteiger partial charge in [0.2, 0.25) is 5.78 Å². The molecule has 1 aromatic heterocycles. The number of carbonyl (C=O) groups excluding carboxylic acids is 2. The third kappa shape index (κ3) is 4.96. The molecule has 0 atom stereocenters. The van der Waals surface area contributed by atoms with Crippen molar-refractivity contribution in [3.63, 3.8) is 0 Å². The van der Waals surface area contributed by atoms with E-state index in [1.807, 2.05) is 19.9 Å². The fourth-order valence-corrected chi connectivity index (χ4v) is 4.03. The highest BCUT2D eigenvalue weighted by Gasteiger charge is 2.21. The molecular formula is C23H25ClFNO3. The molecule has 0 radical (unpaired) electrons. The van der Waals surface area contributed by atoms with Crippen molar-refractivity contribution in [3.05, 3.63) is 69.3 Å². The number of benzene rings is 1. The van der Waals surface area contributed by atoms with Crippen molar-refractivity contribution in [2.75, 3.05) is 6.61 Å². The van der Waals surface area contributed by atoms with Gasteiger partial charge in [-0.15, -0.1) is 0 Å². The van der Waals surface area contributed by atoms with E-state index < -0.39 is 18.4 Å². The van der Waals surface area contributed by atoms with E-state index in [0.717, 1.165) is 43.3 Å². The molecule has 154 valence electrons. The topological polar surface area (TPSA) is 48.3 Å². The van der Waals surface area contributed by atoms with Crippen LogP contribution >= 0.6 is 11.6 Å². The predicted molar refractivity (Wildman–Crippen MR) is 111 cm³/mol. The van der Waals surface area contributed by atoms with Gasteiger partial charge in [0.15, 0.2) is 6.61 Å². The van der Waals surface area contributed by atoms with Gasteiger partial charge in [-0.3, -0.25) is 4.79 Å². The third-order valence-corrected chi connectivity index (χ3v) is 5.73. The summed E-state index contributed by atoms with van der Waals surface area (Å²) in [4.78, 5) is 24.8. The monoisotopic (exact) mass is 417 g/mol. The number of rotatable bonds is 7. The van der Waals surface area contributed by atoms with E-state index in [4.69, 9.17) is 16.3 Å². The van der Waals surface area contributed by atoms with E-state index in [1.54, 1.807) is 0 Å². The van der Waals surface area contributed by atoms with Crippen LogP contribution in [0.2, 0.25) is 5.02 Å². The van der Waals surface area contributed by atoms with Gasteiger partial charge < -0.3 is 9.30 Å². The van der Waals surface area contributed by atoms with Gasteiger partial charge >= 0.3 is 5.97 Å². The van der Waals surface area contributed by atoms with Crippen molar-refractivity contribution < 1.29 is 18.7 Å². The summed E-state index contributed by atoms with van der Waals surface area (Å²) < 4.78 is 21.0. The van der Waals surface area contributed by atoms with Crippen molar-refractivity contribution in [2.24, 2.45) is 0 Å². The van der Waals surface area contributed by atoms with Crippen LogP contribution in [0.3, 0.4) is 0 Å². The fraction of sp³-hybridized carbons (Fsp3) is 0.391. The lowest BCUT2D eigenvalue weighted by Crippen LogP contribution is -2.16. The number of allylic oxidation sites excluding steroid dienone is 2. The molecule has 0 N–H and O–H groups in total. The summed E-state index contributed by atoms with van der Waals surface area (Å²) in [5, 5.41) is -0.0438. The summed E-state index contributed by atoms with van der Waals surface area (Å²) in [7, 11) is 0. The SMILES string of the molecule is Cc1cc(C(=O)COC(=O)c2c(F)cccc2Cl)c(C)n1CCC1=CCCCC1. The molecule has 0 saturated carbocycles. The first-order valence-electron chi connectivity index (χ1n) is 9.87. The summed E-state index contributed by atoms with van der Waals surface area (Å²) in [6.45, 7) is 4.22. The van der Waals surface area contributed by atoms with E-state index in [2.05, 4.69) is 10.6 Å². The van der Waals surface area contributed by atoms with Gasteiger partial charge in [-0.25, -0.2) is 9.18 Å². The number of hydrogen-bond acceptors (Lipinski definition) is 3. The van der Waals surface area contributed by atoms with E-state index >= 15 is 0 Å². The van der Waals surface area contributed by atoms with E-state index in [1.165, 1.54) is 30.5 Å². The first-order chi connectivity index (χ1) is 13.9. The molecule has 1 aliphatic carbocycles. The van der Waals surface area contributed by atoms with Crippen LogP contribution in [0.1, 0.15) is 64.2 Å². The second-order valence-corrected chi connectivity index (χ2v) is 7.80. The molecule has 1 heterocycles. The first kappa shape index (κ1) is 21.3. The number of esters is 1. The van der Waals surface area contributed by atoms with E-state index in [-0.39, 0.29) is 16.4 Å². The molecule has 0 amide bonds. The number of Topliss-reactive ketones (excluding diaryl/α,β-unsaturated/α-hetero) is 1. The Balaban J connectivity index is 1.65. The molecule has 0 fully saturated rings. The Hall–Kier alpha value is -2.40. The quantitative estimate of drug-likeness (QED) is 0.323. The maximum atomic E-state index is 13.8. The average Bonchev–Trinajstić information content (AvgIpc) is 2.99. The van der Waals surface area contributed by atoms with Crippen molar-refractivity contribution in [1.29, 1.82) is 0 Å². The highest BCUT2D eigenvalue weighted by Crippen LogP contribution is 2.24. The minimum absolute atomic E-state index is 0.0438. The molecule has 29 heavy (non-hydrogen) atoms. The van der Waals surface area contributed by atoms with Gasteiger partial charge in [0.25, 0.3) is 0 Å². The lowest BCUT2D eigenvalue weighted by Gasteiger charge is -2.15. The number of nitrogens with zero attached hydrogens (tertiary/aromatic N) is 1. The Labute approximate surface area is 175 Å². The highest BCUT2D eigenvalue weighted by molar-refractivity contribution is 6.33. The molecule has 0 bridgehead atoms. The van der Waals surface area contributed by atoms with Crippen LogP contribution in [-0.4, -0.2) is 22.9 Å². The van der Waals surface area contributed by atoms with Gasteiger partial charge in [-0.2, -0.15) is 0 Å². The second kappa shape index (κ2) is 9.40. The first-order valence-corrected chi connectivity index (χ1v) is 10.2. The largest absolute Gasteiger partial charge is 0.454 e. The highest BCUT2D eigenvalue weighted by atomic mass is 35.5. The van der Waals surface area contributed by atoms with E-state index in [9.17, 15) is 14.0 Å². The van der Waals surface area contributed by atoms with Crippen LogP contribution in [0.5, 0.6) is 0 Å². The number of halogens is 2. The molecule has 1 aromatic carbocycles. The summed E-state index contributed by atoms with van der Waals surface area (Å²) >= 11 is 5.87. The summed E-state index contributed by atoms with van der Waals surface area (Å²) in [5.74, 6) is -2.04. The molecular weight excluding hydrogens is 393 g/mol. The smallest absolute Gasteiger partial charge is 0.343 e. The second-order valence-electron chi connectivity index (χ2n) is 7.39. The minimum Gasteiger partial charge on any atom is -0.454 e. The zero-order chi connectivity index (χ0) is 21.0. The normalized spacial score (nSPS) is 13.9. The lowest BCUT2D eigenvalue weighted by molar-refractivity contribution is 0.0470. The number of ether oxygens (including phenoxy) is 1.